The topological polar surface area (TPSA) is 115 Å². The van der Waals surface area contributed by atoms with E-state index in [0.717, 1.165) is 6.26 Å². The maximum Gasteiger partial charge on any atom is 0.586 e. The zero-order valence-electron chi connectivity index (χ0n) is 22.0. The largest absolute Gasteiger partial charge is 0.586 e. The quantitative estimate of drug-likeness (QED) is 0.121. The highest BCUT2D eigenvalue weighted by atomic mass is 35.5. The standard InChI is InChI=1S/C28H19ClF5N3O5S/c1-14-36-25(26(40-14)17-7-9-21-22(12-17)42-28(33,34)41-21)19-11-16(15-4-3-5-18(10-15)43(2,38)39)6-8-20(19)37-24(29)13-23(35)27(30,31)32/h3-13,35,37H,1-2H3/b24-13-,35-23?. The van der Waals surface area contributed by atoms with Gasteiger partial charge < -0.3 is 19.2 Å². The molecule has 0 bridgehead atoms. The summed E-state index contributed by atoms with van der Waals surface area (Å²) in [6, 6.07) is 14.6. The Kier molecular flexibility index (Phi) is 7.47. The van der Waals surface area contributed by atoms with E-state index >= 15 is 0 Å². The third kappa shape index (κ3) is 6.49. The number of allylic oxidation sites excluding steroid dienone is 1. The molecule has 0 saturated heterocycles. The van der Waals surface area contributed by atoms with Gasteiger partial charge in [0.2, 0.25) is 0 Å². The van der Waals surface area contributed by atoms with Gasteiger partial charge in [-0.25, -0.2) is 13.4 Å². The zero-order chi connectivity index (χ0) is 31.3. The number of anilines is 1. The second kappa shape index (κ2) is 10.7. The molecule has 1 aliphatic rings. The summed E-state index contributed by atoms with van der Waals surface area (Å²) in [6.07, 6.45) is -7.35. The van der Waals surface area contributed by atoms with Gasteiger partial charge >= 0.3 is 12.5 Å². The highest BCUT2D eigenvalue weighted by Gasteiger charge is 2.43. The first kappa shape index (κ1) is 30.0. The number of aromatic nitrogens is 1. The Balaban J connectivity index is 1.66. The molecule has 0 aliphatic carbocycles. The average molecular weight is 640 g/mol. The van der Waals surface area contributed by atoms with E-state index in [1.165, 1.54) is 43.3 Å². The Hall–Kier alpha value is -4.43. The van der Waals surface area contributed by atoms with Crippen LogP contribution in [0.15, 0.2) is 81.2 Å². The van der Waals surface area contributed by atoms with Crippen molar-refractivity contribution in [1.82, 2.24) is 4.98 Å². The van der Waals surface area contributed by atoms with E-state index in [4.69, 9.17) is 21.4 Å². The highest BCUT2D eigenvalue weighted by Crippen LogP contribution is 2.45. The molecule has 43 heavy (non-hydrogen) atoms. The van der Waals surface area contributed by atoms with Crippen LogP contribution < -0.4 is 14.8 Å². The summed E-state index contributed by atoms with van der Waals surface area (Å²) in [4.78, 5) is 4.49. The third-order valence-electron chi connectivity index (χ3n) is 6.10. The minimum atomic E-state index is -4.94. The first-order valence-electron chi connectivity index (χ1n) is 12.1. The highest BCUT2D eigenvalue weighted by molar-refractivity contribution is 7.90. The molecule has 1 aromatic heterocycles. The van der Waals surface area contributed by atoms with Crippen LogP contribution in [0, 0.1) is 12.3 Å². The first-order chi connectivity index (χ1) is 20.0. The van der Waals surface area contributed by atoms with Gasteiger partial charge in [0.25, 0.3) is 0 Å². The van der Waals surface area contributed by atoms with Crippen molar-refractivity contribution in [2.75, 3.05) is 11.6 Å². The van der Waals surface area contributed by atoms with Gasteiger partial charge in [0.05, 0.1) is 4.90 Å². The molecule has 224 valence electrons. The van der Waals surface area contributed by atoms with Crippen molar-refractivity contribution in [2.45, 2.75) is 24.3 Å². The zero-order valence-corrected chi connectivity index (χ0v) is 23.6. The second-order valence-corrected chi connectivity index (χ2v) is 11.8. The van der Waals surface area contributed by atoms with E-state index in [-0.39, 0.29) is 50.6 Å². The molecule has 5 rings (SSSR count). The number of nitrogens with one attached hydrogen (secondary N) is 2. The Bertz CT molecular complexity index is 1900. The fourth-order valence-electron chi connectivity index (χ4n) is 4.20. The lowest BCUT2D eigenvalue weighted by atomic mass is 9.98. The summed E-state index contributed by atoms with van der Waals surface area (Å²) in [6.45, 7) is 1.53. The Morgan fingerprint density at radius 3 is 2.37 bits per heavy atom. The van der Waals surface area contributed by atoms with Gasteiger partial charge in [0, 0.05) is 36.1 Å². The second-order valence-electron chi connectivity index (χ2n) is 9.33. The van der Waals surface area contributed by atoms with Gasteiger partial charge in [-0.3, -0.25) is 5.41 Å². The van der Waals surface area contributed by atoms with E-state index in [2.05, 4.69) is 19.8 Å². The van der Waals surface area contributed by atoms with Crippen molar-refractivity contribution in [1.29, 1.82) is 5.41 Å². The van der Waals surface area contributed by atoms with Crippen molar-refractivity contribution in [3.8, 4) is 45.2 Å². The molecule has 2 N–H and O–H groups in total. The van der Waals surface area contributed by atoms with Crippen molar-refractivity contribution in [2.24, 2.45) is 0 Å². The summed E-state index contributed by atoms with van der Waals surface area (Å²) in [5.41, 5.74) is 0.0576. The van der Waals surface area contributed by atoms with E-state index in [1.54, 1.807) is 24.3 Å². The number of halogens is 6. The van der Waals surface area contributed by atoms with Crippen LogP contribution in [0.5, 0.6) is 11.5 Å². The van der Waals surface area contributed by atoms with Gasteiger partial charge in [0.15, 0.2) is 33.0 Å². The van der Waals surface area contributed by atoms with Crippen LogP contribution in [0.4, 0.5) is 27.6 Å². The SMILES string of the molecule is Cc1nc(-c2cc(-c3cccc(S(C)(=O)=O)c3)ccc2N/C(Cl)=C\C(=N)C(F)(F)F)c(-c2ccc3c(c2)OC(F)(F)O3)o1. The number of rotatable bonds is 7. The predicted molar refractivity (Wildman–Crippen MR) is 148 cm³/mol. The number of fused-ring (bicyclic) bond motifs is 1. The number of oxazole rings is 1. The molecular weight excluding hydrogens is 621 g/mol. The molecule has 0 amide bonds. The molecule has 0 saturated carbocycles. The summed E-state index contributed by atoms with van der Waals surface area (Å²) in [5, 5.41) is 9.32. The molecule has 2 heterocycles. The number of hydrogen-bond donors (Lipinski definition) is 2. The first-order valence-corrected chi connectivity index (χ1v) is 14.4. The lowest BCUT2D eigenvalue weighted by Crippen LogP contribution is -2.25. The normalized spacial score (nSPS) is 14.6. The summed E-state index contributed by atoms with van der Waals surface area (Å²) < 4.78 is 105. The number of hydrogen-bond acceptors (Lipinski definition) is 8. The lowest BCUT2D eigenvalue weighted by Gasteiger charge is -2.14. The third-order valence-corrected chi connectivity index (χ3v) is 7.41. The van der Waals surface area contributed by atoms with E-state index in [9.17, 15) is 30.4 Å². The molecule has 8 nitrogen and oxygen atoms in total. The molecule has 3 aromatic carbocycles. The molecular formula is C28H19ClF5N3O5S. The summed E-state index contributed by atoms with van der Waals surface area (Å²) >= 11 is 6.05. The smallest absolute Gasteiger partial charge is 0.440 e. The molecule has 0 unspecified atom stereocenters. The van der Waals surface area contributed by atoms with Crippen molar-refractivity contribution < 1.29 is 44.3 Å². The molecule has 1 aliphatic heterocycles. The number of nitrogens with zero attached hydrogens (tertiary/aromatic N) is 1. The molecule has 15 heteroatoms. The van der Waals surface area contributed by atoms with E-state index in [1.807, 2.05) is 0 Å². The van der Waals surface area contributed by atoms with Gasteiger partial charge in [-0.1, -0.05) is 29.8 Å². The van der Waals surface area contributed by atoms with Crippen molar-refractivity contribution in [3.63, 3.8) is 0 Å². The fraction of sp³-hybridized carbons (Fsp3) is 0.143. The van der Waals surface area contributed by atoms with Crippen LogP contribution in [0.25, 0.3) is 33.7 Å². The van der Waals surface area contributed by atoms with E-state index < -0.39 is 33.2 Å². The Morgan fingerprint density at radius 2 is 1.67 bits per heavy atom. The molecule has 0 spiro atoms. The van der Waals surface area contributed by atoms with Crippen LogP contribution in [0.2, 0.25) is 0 Å². The average Bonchev–Trinajstić information content (AvgIpc) is 3.45. The Morgan fingerprint density at radius 1 is 1.00 bits per heavy atom. The summed E-state index contributed by atoms with van der Waals surface area (Å²) in [5.74, 6) is -0.217. The predicted octanol–water partition coefficient (Wildman–Crippen LogP) is 7.78. The van der Waals surface area contributed by atoms with Crippen molar-refractivity contribution in [3.05, 3.63) is 77.8 Å². The molecule has 0 atom stereocenters. The van der Waals surface area contributed by atoms with Gasteiger partial charge in [0.1, 0.15) is 16.6 Å². The lowest BCUT2D eigenvalue weighted by molar-refractivity contribution is -0.286. The fourth-order valence-corrected chi connectivity index (χ4v) is 5.08. The minimum absolute atomic E-state index is 0.0560. The van der Waals surface area contributed by atoms with Crippen molar-refractivity contribution >= 4 is 32.8 Å². The maximum absolute atomic E-state index is 13.6. The van der Waals surface area contributed by atoms with Gasteiger partial charge in [-0.05, 0) is 53.6 Å². The number of benzene rings is 3. The van der Waals surface area contributed by atoms with Gasteiger partial charge in [-0.2, -0.15) is 13.2 Å². The number of alkyl halides is 5. The van der Waals surface area contributed by atoms with Crippen LogP contribution in [-0.4, -0.2) is 37.8 Å². The van der Waals surface area contributed by atoms with E-state index in [0.29, 0.717) is 17.2 Å². The number of ether oxygens (including phenoxy) is 2. The van der Waals surface area contributed by atoms with Gasteiger partial charge in [-0.15, -0.1) is 8.78 Å². The van der Waals surface area contributed by atoms with Crippen LogP contribution in [0.1, 0.15) is 5.89 Å². The van der Waals surface area contributed by atoms with Crippen LogP contribution >= 0.6 is 11.6 Å². The minimum Gasteiger partial charge on any atom is -0.440 e. The number of sulfone groups is 1. The maximum atomic E-state index is 13.6. The van der Waals surface area contributed by atoms with Crippen LogP contribution in [0.3, 0.4) is 0 Å². The molecule has 0 radical (unpaired) electrons. The molecule has 4 aromatic rings. The summed E-state index contributed by atoms with van der Waals surface area (Å²) in [7, 11) is -3.55. The monoisotopic (exact) mass is 639 g/mol. The Labute approximate surface area is 246 Å². The van der Waals surface area contributed by atoms with Crippen LogP contribution in [-0.2, 0) is 9.84 Å². The number of aryl methyl sites for hydroxylation is 1. The molecule has 0 fully saturated rings.